The van der Waals surface area contributed by atoms with Gasteiger partial charge in [0.2, 0.25) is 21.8 Å². The number of carbonyl (C=O) groups excluding carboxylic acids is 1. The van der Waals surface area contributed by atoms with Crippen LogP contribution in [0.2, 0.25) is 0 Å². The molecule has 6 N–H and O–H groups in total. The second-order valence-corrected chi connectivity index (χ2v) is 12.9. The first-order valence-corrected chi connectivity index (χ1v) is 16.2. The molecule has 1 amide bonds. The zero-order chi connectivity index (χ0) is 34.9. The van der Waals surface area contributed by atoms with Crippen molar-refractivity contribution in [3.8, 4) is 11.6 Å². The van der Waals surface area contributed by atoms with Crippen molar-refractivity contribution in [2.75, 3.05) is 0 Å². The van der Waals surface area contributed by atoms with Gasteiger partial charge in [0.15, 0.2) is 5.60 Å². The normalized spacial score (nSPS) is 14.4. The summed E-state index contributed by atoms with van der Waals surface area (Å²) < 4.78 is 40.1. The lowest BCUT2D eigenvalue weighted by Gasteiger charge is -2.32. The zero-order valence-electron chi connectivity index (χ0n) is 25.3. The molecule has 0 radical (unpaired) electrons. The Morgan fingerprint density at radius 3 is 2.15 bits per heavy atom. The number of hydrogen-bond acceptors (Lipinski definition) is 11. The fraction of sp³-hybridized carbons (Fsp3) is 0.333. The molecule has 0 saturated heterocycles. The van der Waals surface area contributed by atoms with E-state index < -0.39 is 71.4 Å². The van der Waals surface area contributed by atoms with Crippen molar-refractivity contribution in [2.45, 2.75) is 61.0 Å². The first-order chi connectivity index (χ1) is 22.8. The van der Waals surface area contributed by atoms with Crippen molar-refractivity contribution >= 4 is 41.0 Å². The molecule has 1 aliphatic carbocycles. The highest BCUT2D eigenvalue weighted by Gasteiger charge is 2.49. The molecular weight excluding hydrogens is 651 g/mol. The van der Waals surface area contributed by atoms with Crippen molar-refractivity contribution in [3.63, 3.8) is 0 Å². The van der Waals surface area contributed by atoms with Crippen LogP contribution in [0.3, 0.4) is 0 Å². The lowest BCUT2D eigenvalue weighted by molar-refractivity contribution is -0.169. The third kappa shape index (κ3) is 10.3. The lowest BCUT2D eigenvalue weighted by atomic mass is 9.73. The van der Waals surface area contributed by atoms with Gasteiger partial charge in [-0.2, -0.15) is 4.72 Å². The highest BCUT2D eigenvalue weighted by atomic mass is 32.2. The third-order valence-electron chi connectivity index (χ3n) is 7.36. The van der Waals surface area contributed by atoms with E-state index >= 15 is 0 Å². The molecule has 254 valence electrons. The minimum atomic E-state index is -4.34. The Balaban J connectivity index is 1.57. The number of carboxylic acid groups (broad SMARTS) is 3. The largest absolute Gasteiger partial charge is 0.481 e. The second kappa shape index (κ2) is 15.8. The maximum atomic E-state index is 13.7. The minimum Gasteiger partial charge on any atom is -0.481 e. The van der Waals surface area contributed by atoms with Gasteiger partial charge in [-0.25, -0.2) is 18.2 Å². The summed E-state index contributed by atoms with van der Waals surface area (Å²) >= 11 is 0. The number of aromatic nitrogens is 2. The van der Waals surface area contributed by atoms with Crippen LogP contribution in [0.4, 0.5) is 0 Å². The maximum Gasteiger partial charge on any atom is 0.479 e. The number of hydrogen-bond donors (Lipinski definition) is 6. The Morgan fingerprint density at radius 2 is 1.60 bits per heavy atom. The molecule has 1 fully saturated rings. The monoisotopic (exact) mass is 684 g/mol. The summed E-state index contributed by atoms with van der Waals surface area (Å²) in [6, 6.07) is 12.3. The van der Waals surface area contributed by atoms with E-state index in [2.05, 4.69) is 20.0 Å². The van der Waals surface area contributed by atoms with Gasteiger partial charge in [-0.15, -0.1) is 0 Å². The standard InChI is InChI=1S/C30H33BN4O12S/c36-26(37)16-30(29(41)42,17-27(38)39)47-31(43)24(15-20-6-7-20)34-28(40)23(14-19-4-2-1-3-5-19)35-48(44,45)22-10-8-21(9-11-22)46-25-18-32-12-13-33-25/h1-5,8-13,18,20,23-24,35,43H,6-7,14-17H2,(H,34,40)(H,36,37)(H,38,39)(H,41,42)/t23-,24-/m0/s1. The molecule has 3 aromatic rings. The first kappa shape index (κ1) is 35.9. The second-order valence-electron chi connectivity index (χ2n) is 11.2. The van der Waals surface area contributed by atoms with Gasteiger partial charge in [-0.3, -0.25) is 19.4 Å². The molecule has 2 aromatic carbocycles. The van der Waals surface area contributed by atoms with Crippen LogP contribution < -0.4 is 14.8 Å². The van der Waals surface area contributed by atoms with Crippen molar-refractivity contribution in [3.05, 3.63) is 78.8 Å². The summed E-state index contributed by atoms with van der Waals surface area (Å²) in [7, 11) is -6.51. The molecule has 1 saturated carbocycles. The Hall–Kier alpha value is -4.91. The van der Waals surface area contributed by atoms with E-state index in [1.54, 1.807) is 30.3 Å². The van der Waals surface area contributed by atoms with Gasteiger partial charge in [-0.1, -0.05) is 43.2 Å². The topological polar surface area (TPSA) is 252 Å². The van der Waals surface area contributed by atoms with E-state index in [0.29, 0.717) is 18.4 Å². The molecular formula is C30H33BN4O12S. The van der Waals surface area contributed by atoms with Gasteiger partial charge in [0.25, 0.3) is 0 Å². The molecule has 0 spiro atoms. The lowest BCUT2D eigenvalue weighted by Crippen LogP contribution is -2.58. The van der Waals surface area contributed by atoms with Gasteiger partial charge in [0.1, 0.15) is 11.8 Å². The molecule has 48 heavy (non-hydrogen) atoms. The molecule has 1 aromatic heterocycles. The summed E-state index contributed by atoms with van der Waals surface area (Å²) in [5.74, 6) is -7.15. The average molecular weight is 684 g/mol. The van der Waals surface area contributed by atoms with E-state index in [1.165, 1.54) is 42.9 Å². The summed E-state index contributed by atoms with van der Waals surface area (Å²) in [6.45, 7) is 0. The average Bonchev–Trinajstić information content (AvgIpc) is 3.85. The SMILES string of the molecule is O=C(O)CC(CC(=O)O)(OB(O)[C@H](CC1CC1)NC(=O)[C@H](Cc1ccccc1)NS(=O)(=O)c1ccc(Oc2cnccn2)cc1)C(=O)O. The van der Waals surface area contributed by atoms with Crippen LogP contribution in [0.5, 0.6) is 11.6 Å². The van der Waals surface area contributed by atoms with E-state index in [9.17, 15) is 47.9 Å². The van der Waals surface area contributed by atoms with Crippen molar-refractivity contribution in [2.24, 2.45) is 5.92 Å². The number of nitrogens with zero attached hydrogens (tertiary/aromatic N) is 2. The molecule has 4 rings (SSSR count). The van der Waals surface area contributed by atoms with Gasteiger partial charge in [-0.05, 0) is 48.6 Å². The molecule has 0 aliphatic heterocycles. The smallest absolute Gasteiger partial charge is 0.479 e. The molecule has 2 atom stereocenters. The van der Waals surface area contributed by atoms with Gasteiger partial charge in [0, 0.05) is 12.4 Å². The molecule has 16 nitrogen and oxygen atoms in total. The molecule has 18 heteroatoms. The van der Waals surface area contributed by atoms with Gasteiger partial charge in [0.05, 0.1) is 29.9 Å². The molecule has 0 unspecified atom stereocenters. The molecule has 1 heterocycles. The number of amides is 1. The number of carbonyl (C=O) groups is 4. The first-order valence-electron chi connectivity index (χ1n) is 14.7. The van der Waals surface area contributed by atoms with Gasteiger partial charge < -0.3 is 35.1 Å². The fourth-order valence-electron chi connectivity index (χ4n) is 4.83. The fourth-order valence-corrected chi connectivity index (χ4v) is 6.03. The van der Waals surface area contributed by atoms with E-state index in [-0.39, 0.29) is 35.3 Å². The van der Waals surface area contributed by atoms with E-state index in [0.717, 1.165) is 0 Å². The molecule has 0 bridgehead atoms. The van der Waals surface area contributed by atoms with Crippen LogP contribution in [0, 0.1) is 5.92 Å². The Morgan fingerprint density at radius 1 is 0.958 bits per heavy atom. The highest BCUT2D eigenvalue weighted by Crippen LogP contribution is 2.35. The van der Waals surface area contributed by atoms with E-state index in [1.807, 2.05) is 0 Å². The van der Waals surface area contributed by atoms with Crippen LogP contribution in [0.15, 0.2) is 78.1 Å². The van der Waals surface area contributed by atoms with Crippen molar-refractivity contribution in [1.29, 1.82) is 0 Å². The number of carboxylic acids is 3. The number of aliphatic carboxylic acids is 3. The van der Waals surface area contributed by atoms with E-state index in [4.69, 9.17) is 9.39 Å². The van der Waals surface area contributed by atoms with Crippen LogP contribution >= 0.6 is 0 Å². The predicted molar refractivity (Wildman–Crippen MR) is 166 cm³/mol. The number of sulfonamides is 1. The summed E-state index contributed by atoms with van der Waals surface area (Å²) in [5, 5.41) is 41.9. The van der Waals surface area contributed by atoms with Crippen LogP contribution in [0.1, 0.15) is 37.7 Å². The maximum absolute atomic E-state index is 13.7. The Labute approximate surface area is 275 Å². The number of benzene rings is 2. The van der Waals surface area contributed by atoms with Crippen molar-refractivity contribution < 1.29 is 57.3 Å². The summed E-state index contributed by atoms with van der Waals surface area (Å²) in [6.07, 6.45) is 3.01. The van der Waals surface area contributed by atoms with Gasteiger partial charge >= 0.3 is 25.0 Å². The summed E-state index contributed by atoms with van der Waals surface area (Å²) in [5.41, 5.74) is -2.28. The van der Waals surface area contributed by atoms with Crippen LogP contribution in [-0.4, -0.2) is 87.2 Å². The quantitative estimate of drug-likeness (QED) is 0.0973. The molecule has 1 aliphatic rings. The van der Waals surface area contributed by atoms with Crippen LogP contribution in [-0.2, 0) is 40.3 Å². The number of nitrogens with one attached hydrogen (secondary N) is 2. The third-order valence-corrected chi connectivity index (χ3v) is 8.85. The van der Waals surface area contributed by atoms with Crippen molar-refractivity contribution in [1.82, 2.24) is 20.0 Å². The predicted octanol–water partition coefficient (Wildman–Crippen LogP) is 1.25. The zero-order valence-corrected chi connectivity index (χ0v) is 26.2. The summed E-state index contributed by atoms with van der Waals surface area (Å²) in [4.78, 5) is 56.4. The highest BCUT2D eigenvalue weighted by molar-refractivity contribution is 7.89. The Bertz CT molecular complexity index is 1680. The van der Waals surface area contributed by atoms with Crippen LogP contribution in [0.25, 0.3) is 0 Å². The number of rotatable bonds is 19. The Kier molecular flexibility index (Phi) is 11.8. The minimum absolute atomic E-state index is 0.0152. The number of ether oxygens (including phenoxy) is 1.